The van der Waals surface area contributed by atoms with Gasteiger partial charge in [-0.25, -0.2) is 9.78 Å². The molecule has 5 nitrogen and oxygen atoms in total. The Morgan fingerprint density at radius 3 is 2.35 bits per heavy atom. The lowest BCUT2D eigenvalue weighted by Crippen LogP contribution is -2.09. The van der Waals surface area contributed by atoms with Crippen LogP contribution in [0.3, 0.4) is 0 Å². The van der Waals surface area contributed by atoms with Crippen LogP contribution >= 0.6 is 0 Å². The maximum atomic E-state index is 10.8. The van der Waals surface area contributed by atoms with Crippen LogP contribution in [0, 0.1) is 0 Å². The number of rotatable bonds is 7. The van der Waals surface area contributed by atoms with Crippen molar-refractivity contribution in [3.8, 4) is 28.3 Å². The van der Waals surface area contributed by atoms with E-state index in [1.165, 1.54) is 0 Å². The maximum Gasteiger partial charge on any atom is 0.341 e. The summed E-state index contributed by atoms with van der Waals surface area (Å²) in [6.45, 7) is -0.349. The van der Waals surface area contributed by atoms with Crippen LogP contribution in [0.2, 0.25) is 0 Å². The van der Waals surface area contributed by atoms with Crippen LogP contribution in [0.1, 0.15) is 29.7 Å². The molecule has 1 heterocycles. The first-order valence-electron chi connectivity index (χ1n) is 10.2. The SMILES string of the molecule is O=C(O)COc1cccc(C2CC2c2nc(-c3ccccc3)c(-c3ccccc3)o2)c1. The second-order valence-electron chi connectivity index (χ2n) is 7.67. The molecule has 1 fully saturated rings. The van der Waals surface area contributed by atoms with E-state index >= 15 is 0 Å². The highest BCUT2D eigenvalue weighted by Gasteiger charge is 2.44. The quantitative estimate of drug-likeness (QED) is 0.420. The summed E-state index contributed by atoms with van der Waals surface area (Å²) in [5, 5.41) is 8.83. The fraction of sp³-hybridized carbons (Fsp3) is 0.154. The number of carbonyl (C=O) groups is 1. The number of nitrogens with zero attached hydrogens (tertiary/aromatic N) is 1. The van der Waals surface area contributed by atoms with E-state index in [2.05, 4.69) is 0 Å². The molecule has 0 aliphatic heterocycles. The average Bonchev–Trinajstić information content (AvgIpc) is 3.49. The number of oxazole rings is 1. The van der Waals surface area contributed by atoms with E-state index in [9.17, 15) is 4.79 Å². The fourth-order valence-electron chi connectivity index (χ4n) is 3.89. The summed E-state index contributed by atoms with van der Waals surface area (Å²) in [6.07, 6.45) is 0.936. The number of ether oxygens (including phenoxy) is 1. The molecule has 5 rings (SSSR count). The van der Waals surface area contributed by atoms with Crippen molar-refractivity contribution in [3.05, 3.63) is 96.4 Å². The molecule has 0 radical (unpaired) electrons. The van der Waals surface area contributed by atoms with Gasteiger partial charge in [0.15, 0.2) is 18.3 Å². The van der Waals surface area contributed by atoms with Gasteiger partial charge in [-0.2, -0.15) is 0 Å². The van der Waals surface area contributed by atoms with Gasteiger partial charge in [0.1, 0.15) is 11.4 Å². The first-order chi connectivity index (χ1) is 15.2. The molecule has 154 valence electrons. The molecule has 5 heteroatoms. The summed E-state index contributed by atoms with van der Waals surface area (Å²) in [5.41, 5.74) is 3.98. The van der Waals surface area contributed by atoms with Crippen molar-refractivity contribution >= 4 is 5.97 Å². The molecular formula is C26H21NO4. The number of benzene rings is 3. The Bertz CT molecular complexity index is 1140. The molecule has 31 heavy (non-hydrogen) atoms. The number of hydrogen-bond donors (Lipinski definition) is 1. The van der Waals surface area contributed by atoms with E-state index in [0.717, 1.165) is 40.5 Å². The van der Waals surface area contributed by atoms with Crippen molar-refractivity contribution in [1.82, 2.24) is 4.98 Å². The van der Waals surface area contributed by atoms with Crippen molar-refractivity contribution in [1.29, 1.82) is 0 Å². The summed E-state index contributed by atoms with van der Waals surface area (Å²) in [4.78, 5) is 15.7. The minimum atomic E-state index is -0.989. The predicted octanol–water partition coefficient (Wildman–Crippen LogP) is 5.74. The normalized spacial score (nSPS) is 17.3. The van der Waals surface area contributed by atoms with Crippen LogP contribution in [0.25, 0.3) is 22.6 Å². The van der Waals surface area contributed by atoms with E-state index in [1.807, 2.05) is 78.9 Å². The second kappa shape index (κ2) is 8.11. The van der Waals surface area contributed by atoms with Gasteiger partial charge in [-0.05, 0) is 30.0 Å². The van der Waals surface area contributed by atoms with Gasteiger partial charge in [-0.1, -0.05) is 72.8 Å². The van der Waals surface area contributed by atoms with E-state index in [1.54, 1.807) is 6.07 Å². The Morgan fingerprint density at radius 1 is 0.935 bits per heavy atom. The first kappa shape index (κ1) is 19.1. The summed E-state index contributed by atoms with van der Waals surface area (Å²) in [5.74, 6) is 1.56. The van der Waals surface area contributed by atoms with Gasteiger partial charge in [0.05, 0.1) is 0 Å². The first-order valence-corrected chi connectivity index (χ1v) is 10.2. The Hall–Kier alpha value is -3.86. The molecule has 2 unspecified atom stereocenters. The third-order valence-corrected chi connectivity index (χ3v) is 5.48. The average molecular weight is 411 g/mol. The van der Waals surface area contributed by atoms with Crippen LogP contribution in [-0.2, 0) is 4.79 Å². The molecule has 2 atom stereocenters. The van der Waals surface area contributed by atoms with Crippen LogP contribution < -0.4 is 4.74 Å². The van der Waals surface area contributed by atoms with Gasteiger partial charge in [-0.3, -0.25) is 0 Å². The van der Waals surface area contributed by atoms with Gasteiger partial charge in [-0.15, -0.1) is 0 Å². The molecule has 0 bridgehead atoms. The standard InChI is InChI=1S/C26H21NO4/c28-23(29)16-30-20-13-7-12-19(14-20)21-15-22(21)26-27-24(17-8-3-1-4-9-17)25(31-26)18-10-5-2-6-11-18/h1-14,21-22H,15-16H2,(H,28,29). The van der Waals surface area contributed by atoms with Crippen molar-refractivity contribution in [3.63, 3.8) is 0 Å². The van der Waals surface area contributed by atoms with Crippen molar-refractivity contribution in [2.45, 2.75) is 18.3 Å². The maximum absolute atomic E-state index is 10.8. The summed E-state index contributed by atoms with van der Waals surface area (Å²) in [6, 6.07) is 27.7. The molecule has 0 spiro atoms. The molecular weight excluding hydrogens is 390 g/mol. The lowest BCUT2D eigenvalue weighted by molar-refractivity contribution is -0.139. The van der Waals surface area contributed by atoms with Crippen LogP contribution in [0.4, 0.5) is 0 Å². The summed E-state index contributed by atoms with van der Waals surface area (Å²) >= 11 is 0. The van der Waals surface area contributed by atoms with Crippen LogP contribution in [0.15, 0.2) is 89.3 Å². The molecule has 1 aliphatic rings. The fourth-order valence-corrected chi connectivity index (χ4v) is 3.89. The Labute approximate surface area is 180 Å². The Balaban J connectivity index is 1.44. The molecule has 3 aromatic carbocycles. The van der Waals surface area contributed by atoms with Gasteiger partial charge in [0.25, 0.3) is 0 Å². The highest BCUT2D eigenvalue weighted by atomic mass is 16.5. The highest BCUT2D eigenvalue weighted by Crippen LogP contribution is 2.55. The van der Waals surface area contributed by atoms with Crippen LogP contribution in [0.5, 0.6) is 5.75 Å². The molecule has 4 aromatic rings. The summed E-state index contributed by atoms with van der Waals surface area (Å²) in [7, 11) is 0. The lowest BCUT2D eigenvalue weighted by atomic mass is 10.1. The molecule has 1 saturated carbocycles. The van der Waals surface area contributed by atoms with E-state index < -0.39 is 5.97 Å². The van der Waals surface area contributed by atoms with E-state index in [0.29, 0.717) is 5.75 Å². The van der Waals surface area contributed by atoms with Crippen molar-refractivity contribution < 1.29 is 19.1 Å². The molecule has 0 amide bonds. The Kier molecular flexibility index (Phi) is 5.00. The zero-order chi connectivity index (χ0) is 21.2. The third kappa shape index (κ3) is 4.08. The van der Waals surface area contributed by atoms with Gasteiger partial charge >= 0.3 is 5.97 Å². The minimum Gasteiger partial charge on any atom is -0.482 e. The number of carboxylic acids is 1. The number of aromatic nitrogens is 1. The van der Waals surface area contributed by atoms with Crippen molar-refractivity contribution in [2.75, 3.05) is 6.61 Å². The smallest absolute Gasteiger partial charge is 0.341 e. The second-order valence-corrected chi connectivity index (χ2v) is 7.67. The third-order valence-electron chi connectivity index (χ3n) is 5.48. The number of aliphatic carboxylic acids is 1. The van der Waals surface area contributed by atoms with E-state index in [4.69, 9.17) is 19.2 Å². The topological polar surface area (TPSA) is 72.6 Å². The van der Waals surface area contributed by atoms with Crippen LogP contribution in [-0.4, -0.2) is 22.7 Å². The monoisotopic (exact) mass is 411 g/mol. The molecule has 0 saturated heterocycles. The zero-order valence-electron chi connectivity index (χ0n) is 16.8. The van der Waals surface area contributed by atoms with Crippen molar-refractivity contribution in [2.24, 2.45) is 0 Å². The highest BCUT2D eigenvalue weighted by molar-refractivity contribution is 5.77. The minimum absolute atomic E-state index is 0.189. The Morgan fingerprint density at radius 2 is 1.65 bits per heavy atom. The molecule has 1 N–H and O–H groups in total. The van der Waals surface area contributed by atoms with Gasteiger partial charge in [0.2, 0.25) is 0 Å². The summed E-state index contributed by atoms with van der Waals surface area (Å²) < 4.78 is 11.6. The number of hydrogen-bond acceptors (Lipinski definition) is 4. The number of carboxylic acid groups (broad SMARTS) is 1. The predicted molar refractivity (Wildman–Crippen MR) is 117 cm³/mol. The molecule has 1 aromatic heterocycles. The van der Waals surface area contributed by atoms with E-state index in [-0.39, 0.29) is 18.4 Å². The van der Waals surface area contributed by atoms with Gasteiger partial charge < -0.3 is 14.3 Å². The molecule has 1 aliphatic carbocycles. The zero-order valence-corrected chi connectivity index (χ0v) is 16.8. The largest absolute Gasteiger partial charge is 0.482 e. The van der Waals surface area contributed by atoms with Gasteiger partial charge in [0, 0.05) is 17.0 Å². The lowest BCUT2D eigenvalue weighted by Gasteiger charge is -2.05.